The molecule has 3 N–H and O–H groups in total. The lowest BCUT2D eigenvalue weighted by Crippen LogP contribution is -2.21. The lowest BCUT2D eigenvalue weighted by molar-refractivity contribution is 0.00476. The summed E-state index contributed by atoms with van der Waals surface area (Å²) in [7, 11) is -4.52. The fourth-order valence-electron chi connectivity index (χ4n) is 2.90. The van der Waals surface area contributed by atoms with Gasteiger partial charge < -0.3 is 19.6 Å². The van der Waals surface area contributed by atoms with Crippen molar-refractivity contribution in [1.82, 2.24) is 0 Å². The summed E-state index contributed by atoms with van der Waals surface area (Å²) >= 11 is 0. The first kappa shape index (κ1) is 27.8. The third kappa shape index (κ3) is 23.8. The zero-order valence-corrected chi connectivity index (χ0v) is 18.7. The minimum Gasteiger partial charge on any atom is -0.388 e. The van der Waals surface area contributed by atoms with Gasteiger partial charge in [-0.1, -0.05) is 76.9 Å². The monoisotopic (exact) mass is 422 g/mol. The van der Waals surface area contributed by atoms with E-state index in [4.69, 9.17) is 14.5 Å². The molecule has 0 rings (SSSR count). The summed E-state index contributed by atoms with van der Waals surface area (Å²) in [6.07, 6.45) is 21.2. The number of aliphatic hydroxyl groups excluding tert-OH is 1. The molecule has 0 aromatic rings. The topological polar surface area (TPSA) is 96.2 Å². The molecule has 0 aromatic heterocycles. The molecule has 1 atom stereocenters. The first-order valence-electron chi connectivity index (χ1n) is 11.1. The van der Waals surface area contributed by atoms with Gasteiger partial charge in [-0.25, -0.2) is 4.57 Å². The Morgan fingerprint density at radius 3 is 1.82 bits per heavy atom. The van der Waals surface area contributed by atoms with Crippen LogP contribution in [0.15, 0.2) is 12.2 Å². The summed E-state index contributed by atoms with van der Waals surface area (Å²) in [4.78, 5) is 17.1. The number of hydrogen-bond acceptors (Lipinski definition) is 4. The molecule has 0 bridgehead atoms. The predicted molar refractivity (Wildman–Crippen MR) is 114 cm³/mol. The van der Waals surface area contributed by atoms with Gasteiger partial charge >= 0.3 is 7.82 Å². The molecule has 28 heavy (non-hydrogen) atoms. The van der Waals surface area contributed by atoms with Gasteiger partial charge in [0.1, 0.15) is 6.10 Å². The van der Waals surface area contributed by atoms with E-state index >= 15 is 0 Å². The van der Waals surface area contributed by atoms with Gasteiger partial charge in [0.25, 0.3) is 0 Å². The van der Waals surface area contributed by atoms with Gasteiger partial charge in [-0.15, -0.1) is 0 Å². The van der Waals surface area contributed by atoms with Crippen LogP contribution in [0.4, 0.5) is 0 Å². The second-order valence-corrected chi connectivity index (χ2v) is 8.69. The maximum absolute atomic E-state index is 10.5. The quantitative estimate of drug-likeness (QED) is 0.128. The summed E-state index contributed by atoms with van der Waals surface area (Å²) in [6, 6.07) is 0. The van der Waals surface area contributed by atoms with Crippen molar-refractivity contribution in [2.24, 2.45) is 0 Å². The summed E-state index contributed by atoms with van der Waals surface area (Å²) < 4.78 is 20.0. The minimum absolute atomic E-state index is 0.0328. The Hall–Kier alpha value is -0.230. The van der Waals surface area contributed by atoms with E-state index in [2.05, 4.69) is 23.6 Å². The third-order valence-electron chi connectivity index (χ3n) is 4.55. The smallest absolute Gasteiger partial charge is 0.388 e. The van der Waals surface area contributed by atoms with Crippen molar-refractivity contribution < 1.29 is 28.7 Å². The van der Waals surface area contributed by atoms with Gasteiger partial charge in [-0.05, 0) is 32.1 Å². The fraction of sp³-hybridized carbons (Fsp3) is 0.905. The molecule has 0 aliphatic carbocycles. The maximum Gasteiger partial charge on any atom is 0.469 e. The standard InChI is InChI=1S/C21H43O6P/c1-2-3-4-5-6-7-8-9-10-11-12-13-14-15-16-17-18-26-19-21(22)20-27-28(23,24)25/h9-10,21-22H,2-8,11-20H2,1H3,(H2,23,24,25)/b10-9+. The summed E-state index contributed by atoms with van der Waals surface area (Å²) in [6.45, 7) is 2.42. The molecule has 1 unspecified atom stereocenters. The van der Waals surface area contributed by atoms with Gasteiger partial charge in [0.05, 0.1) is 13.2 Å². The Balaban J connectivity index is 3.21. The highest BCUT2D eigenvalue weighted by Gasteiger charge is 2.16. The summed E-state index contributed by atoms with van der Waals surface area (Å²) in [5.41, 5.74) is 0. The second-order valence-electron chi connectivity index (χ2n) is 7.45. The molecule has 168 valence electrons. The average Bonchev–Trinajstić information content (AvgIpc) is 2.65. The Morgan fingerprint density at radius 1 is 0.786 bits per heavy atom. The van der Waals surface area contributed by atoms with Crippen LogP contribution in [0.25, 0.3) is 0 Å². The number of hydrogen-bond donors (Lipinski definition) is 3. The Morgan fingerprint density at radius 2 is 1.29 bits per heavy atom. The summed E-state index contributed by atoms with van der Waals surface area (Å²) in [5.74, 6) is 0. The van der Waals surface area contributed by atoms with Crippen LogP contribution in [0, 0.1) is 0 Å². The van der Waals surface area contributed by atoms with E-state index in [0.29, 0.717) is 6.61 Å². The van der Waals surface area contributed by atoms with Gasteiger partial charge in [-0.2, -0.15) is 0 Å². The van der Waals surface area contributed by atoms with E-state index in [1.54, 1.807) is 0 Å². The van der Waals surface area contributed by atoms with Crippen molar-refractivity contribution in [1.29, 1.82) is 0 Å². The normalized spacial score (nSPS) is 13.4. The molecule has 0 aliphatic rings. The van der Waals surface area contributed by atoms with E-state index in [0.717, 1.165) is 12.8 Å². The molecule has 0 aromatic carbocycles. The zero-order chi connectivity index (χ0) is 20.9. The Labute approximate surface area is 172 Å². The molecule has 0 saturated carbocycles. The number of phosphoric acid groups is 1. The Bertz CT molecular complexity index is 396. The summed E-state index contributed by atoms with van der Waals surface area (Å²) in [5, 5.41) is 9.45. The van der Waals surface area contributed by atoms with Crippen LogP contribution >= 0.6 is 7.82 Å². The third-order valence-corrected chi connectivity index (χ3v) is 5.03. The number of ether oxygens (including phenoxy) is 1. The van der Waals surface area contributed by atoms with Crippen molar-refractivity contribution in [3.8, 4) is 0 Å². The van der Waals surface area contributed by atoms with Crippen molar-refractivity contribution in [3.05, 3.63) is 12.2 Å². The van der Waals surface area contributed by atoms with Crippen molar-refractivity contribution >= 4 is 7.82 Å². The number of phosphoric ester groups is 1. The molecular weight excluding hydrogens is 379 g/mol. The highest BCUT2D eigenvalue weighted by atomic mass is 31.2. The molecule has 7 heteroatoms. The minimum atomic E-state index is -4.52. The van der Waals surface area contributed by atoms with Crippen LogP contribution in [0.2, 0.25) is 0 Å². The SMILES string of the molecule is CCCCCCCC/C=C/CCCCCCCCOCC(O)COP(=O)(O)O. The van der Waals surface area contributed by atoms with Crippen molar-refractivity contribution in [2.75, 3.05) is 19.8 Å². The van der Waals surface area contributed by atoms with E-state index in [9.17, 15) is 9.67 Å². The van der Waals surface area contributed by atoms with Gasteiger partial charge in [0, 0.05) is 6.61 Å². The van der Waals surface area contributed by atoms with Crippen LogP contribution in [-0.4, -0.2) is 40.8 Å². The number of aliphatic hydroxyl groups is 1. The predicted octanol–water partition coefficient (Wildman–Crippen LogP) is 5.51. The molecule has 0 heterocycles. The molecule has 0 aliphatic heterocycles. The highest BCUT2D eigenvalue weighted by molar-refractivity contribution is 7.46. The van der Waals surface area contributed by atoms with Gasteiger partial charge in [0.2, 0.25) is 0 Å². The maximum atomic E-state index is 10.5. The number of unbranched alkanes of at least 4 members (excludes halogenated alkanes) is 12. The second kappa shape index (κ2) is 20.1. The first-order valence-corrected chi connectivity index (χ1v) is 12.6. The molecule has 0 spiro atoms. The molecule has 6 nitrogen and oxygen atoms in total. The van der Waals surface area contributed by atoms with E-state index in [-0.39, 0.29) is 6.61 Å². The van der Waals surface area contributed by atoms with Crippen LogP contribution in [0.3, 0.4) is 0 Å². The fourth-order valence-corrected chi connectivity index (χ4v) is 3.27. The molecular formula is C21H43O6P. The number of rotatable bonds is 21. The molecule has 0 amide bonds. The molecule has 0 fully saturated rings. The largest absolute Gasteiger partial charge is 0.469 e. The highest BCUT2D eigenvalue weighted by Crippen LogP contribution is 2.35. The van der Waals surface area contributed by atoms with Gasteiger partial charge in [-0.3, -0.25) is 4.52 Å². The molecule has 0 saturated heterocycles. The van der Waals surface area contributed by atoms with Crippen molar-refractivity contribution in [3.63, 3.8) is 0 Å². The lowest BCUT2D eigenvalue weighted by atomic mass is 10.1. The average molecular weight is 423 g/mol. The number of allylic oxidation sites excluding steroid dienone is 2. The van der Waals surface area contributed by atoms with Crippen LogP contribution in [-0.2, 0) is 13.8 Å². The van der Waals surface area contributed by atoms with Crippen molar-refractivity contribution in [2.45, 2.75) is 103 Å². The van der Waals surface area contributed by atoms with Crippen LogP contribution in [0.5, 0.6) is 0 Å². The zero-order valence-electron chi connectivity index (χ0n) is 17.8. The van der Waals surface area contributed by atoms with Crippen LogP contribution < -0.4 is 0 Å². The van der Waals surface area contributed by atoms with E-state index in [1.165, 1.54) is 77.0 Å². The Kier molecular flexibility index (Phi) is 19.9. The lowest BCUT2D eigenvalue weighted by Gasteiger charge is -2.12. The van der Waals surface area contributed by atoms with Gasteiger partial charge in [0.15, 0.2) is 0 Å². The van der Waals surface area contributed by atoms with Crippen LogP contribution in [0.1, 0.15) is 96.8 Å². The first-order chi connectivity index (χ1) is 13.5. The van der Waals surface area contributed by atoms with E-state index in [1.807, 2.05) is 0 Å². The molecule has 0 radical (unpaired) electrons. The van der Waals surface area contributed by atoms with E-state index < -0.39 is 20.5 Å².